The Morgan fingerprint density at radius 3 is 2.00 bits per heavy atom. The molecule has 2 aromatic rings. The molecule has 96 valence electrons. The molecule has 0 aliphatic carbocycles. The van der Waals surface area contributed by atoms with Crippen LogP contribution in [0, 0.1) is 11.8 Å². The molecule has 0 aromatic heterocycles. The first kappa shape index (κ1) is 13.0. The lowest BCUT2D eigenvalue weighted by Crippen LogP contribution is -1.89. The lowest BCUT2D eigenvalue weighted by molar-refractivity contribution is 0.474. The van der Waals surface area contributed by atoms with Crippen LogP contribution in [0.4, 0.5) is 0 Å². The predicted molar refractivity (Wildman–Crippen MR) is 76.1 cm³/mol. The van der Waals surface area contributed by atoms with Gasteiger partial charge in [0, 0.05) is 12.3 Å². The van der Waals surface area contributed by atoms with E-state index in [1.54, 1.807) is 24.3 Å². The van der Waals surface area contributed by atoms with Gasteiger partial charge in [-0.15, -0.1) is 0 Å². The van der Waals surface area contributed by atoms with E-state index in [0.29, 0.717) is 6.42 Å². The van der Waals surface area contributed by atoms with E-state index in [9.17, 15) is 10.2 Å². The van der Waals surface area contributed by atoms with E-state index in [4.69, 9.17) is 0 Å². The number of hydrogen-bond donors (Lipinski definition) is 2. The van der Waals surface area contributed by atoms with Gasteiger partial charge in [0.25, 0.3) is 0 Å². The molecule has 2 N–H and O–H groups in total. The Bertz CT molecular complexity index is 586. The zero-order chi connectivity index (χ0) is 13.7. The third-order valence-electron chi connectivity index (χ3n) is 2.94. The SMILES string of the molecule is CC(C#CCc1ccc(O)cc1)c1ccc(O)cc1. The van der Waals surface area contributed by atoms with Crippen molar-refractivity contribution in [3.63, 3.8) is 0 Å². The van der Waals surface area contributed by atoms with Gasteiger partial charge in [-0.1, -0.05) is 36.1 Å². The summed E-state index contributed by atoms with van der Waals surface area (Å²) in [5.74, 6) is 7.01. The molecule has 0 amide bonds. The maximum atomic E-state index is 9.23. The normalized spacial score (nSPS) is 11.4. The van der Waals surface area contributed by atoms with E-state index in [-0.39, 0.29) is 17.4 Å². The number of phenolic OH excluding ortho intramolecular Hbond substituents is 2. The molecular formula is C17H16O2. The largest absolute Gasteiger partial charge is 0.508 e. The summed E-state index contributed by atoms with van der Waals surface area (Å²) < 4.78 is 0. The van der Waals surface area contributed by atoms with Crippen molar-refractivity contribution in [3.8, 4) is 23.3 Å². The van der Waals surface area contributed by atoms with Crippen molar-refractivity contribution in [2.24, 2.45) is 0 Å². The Morgan fingerprint density at radius 2 is 1.42 bits per heavy atom. The summed E-state index contributed by atoms with van der Waals surface area (Å²) in [5, 5.41) is 18.4. The Balaban J connectivity index is 1.99. The van der Waals surface area contributed by atoms with E-state index in [1.165, 1.54) is 0 Å². The van der Waals surface area contributed by atoms with Crippen molar-refractivity contribution >= 4 is 0 Å². The molecule has 0 fully saturated rings. The Morgan fingerprint density at radius 1 is 0.895 bits per heavy atom. The maximum absolute atomic E-state index is 9.23. The quantitative estimate of drug-likeness (QED) is 0.804. The van der Waals surface area contributed by atoms with Crippen molar-refractivity contribution < 1.29 is 10.2 Å². The molecular weight excluding hydrogens is 236 g/mol. The fraction of sp³-hybridized carbons (Fsp3) is 0.176. The molecule has 19 heavy (non-hydrogen) atoms. The first-order valence-electron chi connectivity index (χ1n) is 6.20. The van der Waals surface area contributed by atoms with Gasteiger partial charge in [-0.05, 0) is 42.3 Å². The fourth-order valence-corrected chi connectivity index (χ4v) is 1.77. The van der Waals surface area contributed by atoms with Gasteiger partial charge in [0.15, 0.2) is 0 Å². The molecule has 2 aromatic carbocycles. The van der Waals surface area contributed by atoms with Crippen LogP contribution < -0.4 is 0 Å². The second-order valence-electron chi connectivity index (χ2n) is 4.48. The fourth-order valence-electron chi connectivity index (χ4n) is 1.77. The van der Waals surface area contributed by atoms with E-state index in [1.807, 2.05) is 31.2 Å². The highest BCUT2D eigenvalue weighted by Gasteiger charge is 2.00. The highest BCUT2D eigenvalue weighted by molar-refractivity contribution is 5.33. The molecule has 0 radical (unpaired) electrons. The first-order valence-corrected chi connectivity index (χ1v) is 6.20. The molecule has 2 nitrogen and oxygen atoms in total. The van der Waals surface area contributed by atoms with Gasteiger partial charge in [-0.3, -0.25) is 0 Å². The number of benzene rings is 2. The Hall–Kier alpha value is -2.40. The van der Waals surface area contributed by atoms with Gasteiger partial charge < -0.3 is 10.2 Å². The summed E-state index contributed by atoms with van der Waals surface area (Å²) in [7, 11) is 0. The minimum absolute atomic E-state index is 0.137. The molecule has 0 heterocycles. The van der Waals surface area contributed by atoms with Gasteiger partial charge in [-0.2, -0.15) is 0 Å². The maximum Gasteiger partial charge on any atom is 0.115 e. The number of aromatic hydroxyl groups is 2. The molecule has 0 spiro atoms. The van der Waals surface area contributed by atoms with Gasteiger partial charge in [-0.25, -0.2) is 0 Å². The van der Waals surface area contributed by atoms with Crippen molar-refractivity contribution in [2.75, 3.05) is 0 Å². The highest BCUT2D eigenvalue weighted by atomic mass is 16.3. The molecule has 2 rings (SSSR count). The molecule has 0 aliphatic rings. The third-order valence-corrected chi connectivity index (χ3v) is 2.94. The molecule has 1 atom stereocenters. The monoisotopic (exact) mass is 252 g/mol. The zero-order valence-corrected chi connectivity index (χ0v) is 10.8. The van der Waals surface area contributed by atoms with Crippen molar-refractivity contribution in [1.29, 1.82) is 0 Å². The lowest BCUT2D eigenvalue weighted by atomic mass is 10.0. The van der Waals surface area contributed by atoms with E-state index >= 15 is 0 Å². The minimum atomic E-state index is 0.137. The van der Waals surface area contributed by atoms with Crippen LogP contribution >= 0.6 is 0 Å². The average Bonchev–Trinajstić information content (AvgIpc) is 2.41. The second-order valence-corrected chi connectivity index (χ2v) is 4.48. The summed E-state index contributed by atoms with van der Waals surface area (Å²) in [6.07, 6.45) is 0.669. The van der Waals surface area contributed by atoms with E-state index in [2.05, 4.69) is 11.8 Å². The van der Waals surface area contributed by atoms with Crippen LogP contribution in [-0.4, -0.2) is 10.2 Å². The van der Waals surface area contributed by atoms with Crippen molar-refractivity contribution in [3.05, 3.63) is 59.7 Å². The van der Waals surface area contributed by atoms with Gasteiger partial charge in [0.1, 0.15) is 11.5 Å². The van der Waals surface area contributed by atoms with Crippen LogP contribution in [0.3, 0.4) is 0 Å². The van der Waals surface area contributed by atoms with Gasteiger partial charge in [0.2, 0.25) is 0 Å². The van der Waals surface area contributed by atoms with Crippen LogP contribution in [0.15, 0.2) is 48.5 Å². The van der Waals surface area contributed by atoms with Crippen LogP contribution in [-0.2, 0) is 6.42 Å². The summed E-state index contributed by atoms with van der Waals surface area (Å²) in [5.41, 5.74) is 2.18. The number of hydrogen-bond acceptors (Lipinski definition) is 2. The molecule has 0 aliphatic heterocycles. The number of phenols is 2. The summed E-state index contributed by atoms with van der Waals surface area (Å²) in [6, 6.07) is 14.2. The van der Waals surface area contributed by atoms with E-state index < -0.39 is 0 Å². The predicted octanol–water partition coefficient (Wildman–Crippen LogP) is 3.45. The summed E-state index contributed by atoms with van der Waals surface area (Å²) in [4.78, 5) is 0. The van der Waals surface area contributed by atoms with Gasteiger partial charge in [0.05, 0.1) is 0 Å². The number of rotatable bonds is 2. The summed E-state index contributed by atoms with van der Waals surface area (Å²) in [6.45, 7) is 2.04. The summed E-state index contributed by atoms with van der Waals surface area (Å²) >= 11 is 0. The Kier molecular flexibility index (Phi) is 4.10. The van der Waals surface area contributed by atoms with Crippen molar-refractivity contribution in [1.82, 2.24) is 0 Å². The minimum Gasteiger partial charge on any atom is -0.508 e. The molecule has 2 heteroatoms. The van der Waals surface area contributed by atoms with Crippen molar-refractivity contribution in [2.45, 2.75) is 19.3 Å². The van der Waals surface area contributed by atoms with Crippen LogP contribution in [0.25, 0.3) is 0 Å². The van der Waals surface area contributed by atoms with Gasteiger partial charge >= 0.3 is 0 Å². The molecule has 0 saturated heterocycles. The van der Waals surface area contributed by atoms with Crippen LogP contribution in [0.5, 0.6) is 11.5 Å². The molecule has 0 bridgehead atoms. The van der Waals surface area contributed by atoms with Crippen LogP contribution in [0.1, 0.15) is 24.0 Å². The first-order chi connectivity index (χ1) is 9.15. The smallest absolute Gasteiger partial charge is 0.115 e. The molecule has 0 saturated carbocycles. The lowest BCUT2D eigenvalue weighted by Gasteiger charge is -2.03. The standard InChI is InChI=1S/C17H16O2/c1-13(15-7-11-17(19)12-8-15)3-2-4-14-5-9-16(18)10-6-14/h5-13,18-19H,4H2,1H3. The third kappa shape index (κ3) is 3.79. The van der Waals surface area contributed by atoms with Crippen LogP contribution in [0.2, 0.25) is 0 Å². The Labute approximate surface area is 113 Å². The molecule has 1 unspecified atom stereocenters. The topological polar surface area (TPSA) is 40.5 Å². The van der Waals surface area contributed by atoms with E-state index in [0.717, 1.165) is 11.1 Å². The zero-order valence-electron chi connectivity index (χ0n) is 10.8. The highest BCUT2D eigenvalue weighted by Crippen LogP contribution is 2.17. The average molecular weight is 252 g/mol. The second kappa shape index (κ2) is 5.97.